The standard InChI is InChI=1S/C21H23N5O2/c1-24(2)21(28)16-14-23-26-18(11-12-22-19(16)26)17-10-6-7-13-25(17)20(27)15-8-4-3-5-9-15/h3-5,8-9,11-12,14,17H,6-7,10,13H2,1-2H3. The maximum Gasteiger partial charge on any atom is 0.258 e. The summed E-state index contributed by atoms with van der Waals surface area (Å²) >= 11 is 0. The molecule has 1 saturated heterocycles. The molecule has 7 nitrogen and oxygen atoms in total. The molecule has 0 aliphatic carbocycles. The van der Waals surface area contributed by atoms with Crippen molar-refractivity contribution < 1.29 is 9.59 Å². The van der Waals surface area contributed by atoms with Crippen LogP contribution in [0.4, 0.5) is 0 Å². The van der Waals surface area contributed by atoms with Crippen LogP contribution in [0.2, 0.25) is 0 Å². The molecule has 28 heavy (non-hydrogen) atoms. The topological polar surface area (TPSA) is 70.8 Å². The lowest BCUT2D eigenvalue weighted by Crippen LogP contribution is -2.39. The van der Waals surface area contributed by atoms with Crippen LogP contribution in [-0.2, 0) is 0 Å². The molecular formula is C21H23N5O2. The van der Waals surface area contributed by atoms with Crippen LogP contribution < -0.4 is 0 Å². The van der Waals surface area contributed by atoms with Gasteiger partial charge in [-0.1, -0.05) is 18.2 Å². The van der Waals surface area contributed by atoms with Crippen molar-refractivity contribution in [2.24, 2.45) is 0 Å². The quantitative estimate of drug-likeness (QED) is 0.704. The minimum atomic E-state index is -0.138. The van der Waals surface area contributed by atoms with Crippen molar-refractivity contribution >= 4 is 17.5 Å². The highest BCUT2D eigenvalue weighted by Gasteiger charge is 2.31. The molecule has 0 spiro atoms. The molecule has 0 radical (unpaired) electrons. The van der Waals surface area contributed by atoms with Gasteiger partial charge in [-0.3, -0.25) is 9.59 Å². The van der Waals surface area contributed by atoms with Crippen molar-refractivity contribution in [2.45, 2.75) is 25.3 Å². The van der Waals surface area contributed by atoms with Gasteiger partial charge < -0.3 is 9.80 Å². The molecule has 1 aliphatic rings. The Morgan fingerprint density at radius 2 is 1.89 bits per heavy atom. The number of piperidine rings is 1. The molecule has 7 heteroatoms. The van der Waals surface area contributed by atoms with Gasteiger partial charge in [-0.25, -0.2) is 9.50 Å². The van der Waals surface area contributed by atoms with E-state index >= 15 is 0 Å². The van der Waals surface area contributed by atoms with Gasteiger partial charge in [0.05, 0.1) is 17.9 Å². The van der Waals surface area contributed by atoms with Gasteiger partial charge in [0.25, 0.3) is 11.8 Å². The average molecular weight is 377 g/mol. The zero-order valence-electron chi connectivity index (χ0n) is 16.1. The minimum Gasteiger partial charge on any atom is -0.345 e. The van der Waals surface area contributed by atoms with Gasteiger partial charge in [-0.05, 0) is 37.5 Å². The summed E-state index contributed by atoms with van der Waals surface area (Å²) in [4.78, 5) is 33.4. The highest BCUT2D eigenvalue weighted by molar-refractivity contribution is 5.99. The number of carbonyl (C=O) groups is 2. The van der Waals surface area contributed by atoms with Crippen LogP contribution in [0.1, 0.15) is 51.7 Å². The van der Waals surface area contributed by atoms with Gasteiger partial charge in [0.2, 0.25) is 0 Å². The molecule has 2 aromatic heterocycles. The summed E-state index contributed by atoms with van der Waals surface area (Å²) in [6.07, 6.45) is 6.12. The molecule has 0 bridgehead atoms. The Balaban J connectivity index is 1.75. The molecule has 1 atom stereocenters. The fraction of sp³-hybridized carbons (Fsp3) is 0.333. The molecule has 3 aromatic rings. The normalized spacial score (nSPS) is 16.9. The van der Waals surface area contributed by atoms with Crippen molar-refractivity contribution in [1.29, 1.82) is 0 Å². The lowest BCUT2D eigenvalue weighted by molar-refractivity contribution is 0.0603. The first-order chi connectivity index (χ1) is 13.6. The Bertz CT molecular complexity index is 1010. The predicted molar refractivity (Wildman–Crippen MR) is 105 cm³/mol. The van der Waals surface area contributed by atoms with Crippen molar-refractivity contribution in [1.82, 2.24) is 24.4 Å². The van der Waals surface area contributed by atoms with Crippen LogP contribution in [0, 0.1) is 0 Å². The zero-order chi connectivity index (χ0) is 19.7. The van der Waals surface area contributed by atoms with Crippen LogP contribution in [0.15, 0.2) is 48.8 Å². The average Bonchev–Trinajstić information content (AvgIpc) is 3.17. The summed E-state index contributed by atoms with van der Waals surface area (Å²) in [5, 5.41) is 4.43. The second-order valence-corrected chi connectivity index (χ2v) is 7.24. The first kappa shape index (κ1) is 18.2. The van der Waals surface area contributed by atoms with Crippen LogP contribution in [0.25, 0.3) is 5.65 Å². The number of hydrogen-bond donors (Lipinski definition) is 0. The Morgan fingerprint density at radius 3 is 2.64 bits per heavy atom. The van der Waals surface area contributed by atoms with E-state index in [9.17, 15) is 9.59 Å². The molecular weight excluding hydrogens is 354 g/mol. The molecule has 0 saturated carbocycles. The number of rotatable bonds is 3. The molecule has 1 aromatic carbocycles. The number of likely N-dealkylation sites (tertiary alicyclic amines) is 1. The largest absolute Gasteiger partial charge is 0.345 e. The van der Waals surface area contributed by atoms with Crippen molar-refractivity contribution in [3.05, 3.63) is 65.6 Å². The molecule has 3 heterocycles. The van der Waals surface area contributed by atoms with Crippen molar-refractivity contribution in [2.75, 3.05) is 20.6 Å². The predicted octanol–water partition coefficient (Wildman–Crippen LogP) is 2.80. The second-order valence-electron chi connectivity index (χ2n) is 7.24. The van der Waals surface area contributed by atoms with E-state index in [2.05, 4.69) is 10.1 Å². The molecule has 1 unspecified atom stereocenters. The Labute approximate surface area is 163 Å². The lowest BCUT2D eigenvalue weighted by Gasteiger charge is -2.36. The molecule has 1 aliphatic heterocycles. The highest BCUT2D eigenvalue weighted by Crippen LogP contribution is 2.32. The summed E-state index contributed by atoms with van der Waals surface area (Å²) < 4.78 is 1.71. The van der Waals surface area contributed by atoms with E-state index in [1.54, 1.807) is 31.0 Å². The third kappa shape index (κ3) is 3.13. The van der Waals surface area contributed by atoms with Gasteiger partial charge in [-0.15, -0.1) is 0 Å². The third-order valence-electron chi connectivity index (χ3n) is 5.19. The fourth-order valence-corrected chi connectivity index (χ4v) is 3.78. The number of nitrogens with zero attached hydrogens (tertiary/aromatic N) is 5. The number of amides is 2. The maximum absolute atomic E-state index is 13.1. The monoisotopic (exact) mass is 377 g/mol. The Kier molecular flexibility index (Phi) is 4.81. The van der Waals surface area contributed by atoms with Gasteiger partial charge in [0.15, 0.2) is 5.65 Å². The number of fused-ring (bicyclic) bond motifs is 1. The molecule has 4 rings (SSSR count). The van der Waals surface area contributed by atoms with Crippen molar-refractivity contribution in [3.8, 4) is 0 Å². The van der Waals surface area contributed by atoms with E-state index < -0.39 is 0 Å². The summed E-state index contributed by atoms with van der Waals surface area (Å²) in [5.74, 6) is -0.118. The molecule has 144 valence electrons. The van der Waals surface area contributed by atoms with Crippen molar-refractivity contribution in [3.63, 3.8) is 0 Å². The third-order valence-corrected chi connectivity index (χ3v) is 5.19. The zero-order valence-corrected chi connectivity index (χ0v) is 16.1. The Hall–Kier alpha value is -3.22. The minimum absolute atomic E-state index is 0.0204. The Morgan fingerprint density at radius 1 is 1.11 bits per heavy atom. The van der Waals surface area contributed by atoms with Crippen LogP contribution in [0.5, 0.6) is 0 Å². The number of aromatic nitrogens is 3. The van der Waals surface area contributed by atoms with E-state index in [0.29, 0.717) is 23.3 Å². The number of carbonyl (C=O) groups excluding carboxylic acids is 2. The molecule has 2 amide bonds. The molecule has 1 fully saturated rings. The first-order valence-corrected chi connectivity index (χ1v) is 9.48. The van der Waals surface area contributed by atoms with Gasteiger partial charge >= 0.3 is 0 Å². The SMILES string of the molecule is CN(C)C(=O)c1cnn2c(C3CCCCN3C(=O)c3ccccc3)ccnc12. The van der Waals surface area contributed by atoms with Gasteiger partial charge in [-0.2, -0.15) is 5.10 Å². The van der Waals surface area contributed by atoms with E-state index in [-0.39, 0.29) is 17.9 Å². The number of hydrogen-bond acceptors (Lipinski definition) is 4. The van der Waals surface area contributed by atoms with E-state index in [1.807, 2.05) is 41.3 Å². The highest BCUT2D eigenvalue weighted by atomic mass is 16.2. The maximum atomic E-state index is 13.1. The fourth-order valence-electron chi connectivity index (χ4n) is 3.78. The van der Waals surface area contributed by atoms with Crippen LogP contribution in [0.3, 0.4) is 0 Å². The van der Waals surface area contributed by atoms with Gasteiger partial charge in [0.1, 0.15) is 5.56 Å². The van der Waals surface area contributed by atoms with E-state index in [4.69, 9.17) is 0 Å². The number of benzene rings is 1. The van der Waals surface area contributed by atoms with Crippen LogP contribution in [-0.4, -0.2) is 56.9 Å². The first-order valence-electron chi connectivity index (χ1n) is 9.48. The summed E-state index contributed by atoms with van der Waals surface area (Å²) in [6.45, 7) is 0.701. The summed E-state index contributed by atoms with van der Waals surface area (Å²) in [7, 11) is 3.41. The van der Waals surface area contributed by atoms with Gasteiger partial charge in [0, 0.05) is 32.4 Å². The second kappa shape index (κ2) is 7.42. The van der Waals surface area contributed by atoms with Crippen LogP contribution >= 0.6 is 0 Å². The van der Waals surface area contributed by atoms with E-state index in [0.717, 1.165) is 25.0 Å². The molecule has 0 N–H and O–H groups in total. The summed E-state index contributed by atoms with van der Waals surface area (Å²) in [6, 6.07) is 11.1. The lowest BCUT2D eigenvalue weighted by atomic mass is 9.97. The smallest absolute Gasteiger partial charge is 0.258 e. The van der Waals surface area contributed by atoms with E-state index in [1.165, 1.54) is 4.90 Å². The summed E-state index contributed by atoms with van der Waals surface area (Å²) in [5.41, 5.74) is 2.55.